The molecule has 1 heterocycles. The number of hydrogen-bond acceptors (Lipinski definition) is 5. The van der Waals surface area contributed by atoms with Crippen molar-refractivity contribution in [3.63, 3.8) is 0 Å². The summed E-state index contributed by atoms with van der Waals surface area (Å²) in [5, 5.41) is 3.50. The van der Waals surface area contributed by atoms with Gasteiger partial charge in [0.2, 0.25) is 0 Å². The van der Waals surface area contributed by atoms with Gasteiger partial charge >= 0.3 is 6.09 Å². The molecule has 156 valence electrons. The number of hydrogen-bond donors (Lipinski definition) is 1. The van der Waals surface area contributed by atoms with Gasteiger partial charge < -0.3 is 10.1 Å². The highest BCUT2D eigenvalue weighted by molar-refractivity contribution is 7.90. The van der Waals surface area contributed by atoms with Crippen LogP contribution in [0.1, 0.15) is 39.2 Å². The second-order valence-corrected chi connectivity index (χ2v) is 11.3. The SMILES string of the molecule is CC(C)(C)OC(=O)N[C@@H]1CC[C@@H]2CN(Cc3c(Cl)cccc3S(C)(=O)=O)C[C@H]21. The van der Waals surface area contributed by atoms with E-state index in [1.165, 1.54) is 6.26 Å². The van der Waals surface area contributed by atoms with Crippen molar-refractivity contribution in [2.45, 2.75) is 56.7 Å². The van der Waals surface area contributed by atoms with Crippen LogP contribution in [0.4, 0.5) is 4.79 Å². The number of likely N-dealkylation sites (tertiary alicyclic amines) is 1. The topological polar surface area (TPSA) is 75.7 Å². The molecule has 1 saturated heterocycles. The average Bonchev–Trinajstić information content (AvgIpc) is 3.08. The molecule has 0 spiro atoms. The molecular formula is C20H29ClN2O4S. The molecule has 8 heteroatoms. The molecule has 0 radical (unpaired) electrons. The van der Waals surface area contributed by atoms with E-state index in [0.717, 1.165) is 25.9 Å². The largest absolute Gasteiger partial charge is 0.444 e. The van der Waals surface area contributed by atoms with Crippen molar-refractivity contribution in [1.29, 1.82) is 0 Å². The summed E-state index contributed by atoms with van der Waals surface area (Å²) in [5.41, 5.74) is 0.138. The Bertz CT molecular complexity index is 850. The summed E-state index contributed by atoms with van der Waals surface area (Å²) < 4.78 is 29.6. The zero-order valence-electron chi connectivity index (χ0n) is 16.9. The first-order valence-electron chi connectivity index (χ1n) is 9.63. The summed E-state index contributed by atoms with van der Waals surface area (Å²) in [6.07, 6.45) is 2.83. The van der Waals surface area contributed by atoms with E-state index in [9.17, 15) is 13.2 Å². The first kappa shape index (κ1) is 21.4. The maximum atomic E-state index is 12.1. The molecule has 1 aliphatic carbocycles. The van der Waals surface area contributed by atoms with Crippen LogP contribution < -0.4 is 5.32 Å². The van der Waals surface area contributed by atoms with Gasteiger partial charge in [-0.15, -0.1) is 0 Å². The minimum absolute atomic E-state index is 0.0884. The van der Waals surface area contributed by atoms with Gasteiger partial charge in [0, 0.05) is 42.5 Å². The van der Waals surface area contributed by atoms with E-state index in [4.69, 9.17) is 16.3 Å². The monoisotopic (exact) mass is 428 g/mol. The summed E-state index contributed by atoms with van der Waals surface area (Å²) in [6.45, 7) is 7.73. The third-order valence-corrected chi connectivity index (χ3v) is 7.03. The second kappa shape index (κ2) is 7.84. The van der Waals surface area contributed by atoms with Gasteiger partial charge in [-0.25, -0.2) is 13.2 Å². The van der Waals surface area contributed by atoms with Crippen molar-refractivity contribution in [1.82, 2.24) is 10.2 Å². The number of halogens is 1. The van der Waals surface area contributed by atoms with Gasteiger partial charge in [-0.2, -0.15) is 0 Å². The van der Waals surface area contributed by atoms with Gasteiger partial charge in [-0.1, -0.05) is 17.7 Å². The number of rotatable bonds is 4. The molecule has 1 aliphatic heterocycles. The van der Waals surface area contributed by atoms with Crippen LogP contribution in [0.2, 0.25) is 5.02 Å². The van der Waals surface area contributed by atoms with Crippen molar-refractivity contribution in [2.75, 3.05) is 19.3 Å². The summed E-state index contributed by atoms with van der Waals surface area (Å²) in [4.78, 5) is 14.7. The molecule has 0 unspecified atom stereocenters. The second-order valence-electron chi connectivity index (χ2n) is 8.94. The number of sulfone groups is 1. The number of fused-ring (bicyclic) bond motifs is 1. The van der Waals surface area contributed by atoms with Gasteiger partial charge in [0.25, 0.3) is 0 Å². The van der Waals surface area contributed by atoms with E-state index in [-0.39, 0.29) is 12.1 Å². The minimum atomic E-state index is -3.34. The molecule has 2 fully saturated rings. The Labute approximate surface area is 172 Å². The third kappa shape index (κ3) is 4.99. The van der Waals surface area contributed by atoms with Crippen LogP contribution in [0, 0.1) is 11.8 Å². The molecular weight excluding hydrogens is 400 g/mol. The van der Waals surface area contributed by atoms with Gasteiger partial charge in [0.1, 0.15) is 5.60 Å². The van der Waals surface area contributed by atoms with E-state index in [2.05, 4.69) is 10.2 Å². The van der Waals surface area contributed by atoms with E-state index < -0.39 is 15.4 Å². The van der Waals surface area contributed by atoms with Crippen molar-refractivity contribution in [2.24, 2.45) is 11.8 Å². The van der Waals surface area contributed by atoms with E-state index >= 15 is 0 Å². The molecule has 1 N–H and O–H groups in total. The number of nitrogens with one attached hydrogen (secondary N) is 1. The maximum absolute atomic E-state index is 12.1. The molecule has 3 rings (SSSR count). The van der Waals surface area contributed by atoms with Crippen LogP contribution in [-0.4, -0.2) is 50.4 Å². The molecule has 1 saturated carbocycles. The first-order valence-corrected chi connectivity index (χ1v) is 11.9. The highest BCUT2D eigenvalue weighted by atomic mass is 35.5. The lowest BCUT2D eigenvalue weighted by Crippen LogP contribution is -2.42. The van der Waals surface area contributed by atoms with Gasteiger partial charge in [-0.3, -0.25) is 4.90 Å². The lowest BCUT2D eigenvalue weighted by atomic mass is 9.98. The Morgan fingerprint density at radius 2 is 2.00 bits per heavy atom. The lowest BCUT2D eigenvalue weighted by Gasteiger charge is -2.25. The fourth-order valence-electron chi connectivity index (χ4n) is 4.39. The molecule has 0 aromatic heterocycles. The lowest BCUT2D eigenvalue weighted by molar-refractivity contribution is 0.0491. The normalized spacial score (nSPS) is 25.5. The first-order chi connectivity index (χ1) is 12.9. The highest BCUT2D eigenvalue weighted by Crippen LogP contribution is 2.39. The van der Waals surface area contributed by atoms with Crippen LogP contribution >= 0.6 is 11.6 Å². The van der Waals surface area contributed by atoms with Gasteiger partial charge in [0.15, 0.2) is 9.84 Å². The molecule has 3 atom stereocenters. The molecule has 1 amide bonds. The highest BCUT2D eigenvalue weighted by Gasteiger charge is 2.43. The predicted octanol–water partition coefficient (Wildman–Crippen LogP) is 3.48. The number of carbonyl (C=O) groups excluding carboxylic acids is 1. The third-order valence-electron chi connectivity index (χ3n) is 5.49. The average molecular weight is 429 g/mol. The Balaban J connectivity index is 1.67. The minimum Gasteiger partial charge on any atom is -0.444 e. The van der Waals surface area contributed by atoms with E-state index in [1.54, 1.807) is 18.2 Å². The van der Waals surface area contributed by atoms with Crippen molar-refractivity contribution >= 4 is 27.5 Å². The Hall–Kier alpha value is -1.31. The molecule has 2 aliphatic rings. The standard InChI is InChI=1S/C20H29ClN2O4S/c1-20(2,3)27-19(24)22-17-9-8-13-10-23(11-14(13)17)12-15-16(21)6-5-7-18(15)28(4,25)26/h5-7,13-14,17H,8-12H2,1-4H3,(H,22,24)/t13-,14-,17-/m1/s1. The van der Waals surface area contributed by atoms with Gasteiger partial charge in [-0.05, 0) is 57.6 Å². The fourth-order valence-corrected chi connectivity index (χ4v) is 5.63. The number of carbonyl (C=O) groups is 1. The van der Waals surface area contributed by atoms with Crippen LogP contribution in [0.3, 0.4) is 0 Å². The molecule has 1 aromatic carbocycles. The predicted molar refractivity (Wildman–Crippen MR) is 109 cm³/mol. The maximum Gasteiger partial charge on any atom is 0.407 e. The van der Waals surface area contributed by atoms with Crippen molar-refractivity contribution < 1.29 is 17.9 Å². The number of nitrogens with zero attached hydrogens (tertiary/aromatic N) is 1. The van der Waals surface area contributed by atoms with Crippen LogP contribution in [0.25, 0.3) is 0 Å². The van der Waals surface area contributed by atoms with E-state index in [1.807, 2.05) is 20.8 Å². The summed E-state index contributed by atoms with van der Waals surface area (Å²) in [7, 11) is -3.34. The Morgan fingerprint density at radius 3 is 2.64 bits per heavy atom. The number of ether oxygens (including phenoxy) is 1. The number of benzene rings is 1. The zero-order valence-corrected chi connectivity index (χ0v) is 18.4. The Morgan fingerprint density at radius 1 is 1.29 bits per heavy atom. The summed E-state index contributed by atoms with van der Waals surface area (Å²) in [5.74, 6) is 0.834. The fraction of sp³-hybridized carbons (Fsp3) is 0.650. The summed E-state index contributed by atoms with van der Waals surface area (Å²) in [6, 6.07) is 5.10. The molecule has 0 bridgehead atoms. The molecule has 6 nitrogen and oxygen atoms in total. The Kier molecular flexibility index (Phi) is 5.99. The molecule has 28 heavy (non-hydrogen) atoms. The van der Waals surface area contributed by atoms with E-state index in [0.29, 0.717) is 33.9 Å². The summed E-state index contributed by atoms with van der Waals surface area (Å²) >= 11 is 6.33. The quantitative estimate of drug-likeness (QED) is 0.794. The smallest absolute Gasteiger partial charge is 0.407 e. The zero-order chi connectivity index (χ0) is 20.7. The van der Waals surface area contributed by atoms with Crippen LogP contribution in [-0.2, 0) is 21.1 Å². The number of amides is 1. The van der Waals surface area contributed by atoms with Crippen LogP contribution in [0.5, 0.6) is 0 Å². The van der Waals surface area contributed by atoms with Gasteiger partial charge in [0.05, 0.1) is 4.90 Å². The van der Waals surface area contributed by atoms with Crippen molar-refractivity contribution in [3.8, 4) is 0 Å². The van der Waals surface area contributed by atoms with Crippen LogP contribution in [0.15, 0.2) is 23.1 Å². The number of alkyl carbamates (subject to hydrolysis) is 1. The molecule has 1 aromatic rings. The van der Waals surface area contributed by atoms with Crippen molar-refractivity contribution in [3.05, 3.63) is 28.8 Å².